The predicted molar refractivity (Wildman–Crippen MR) is 91.6 cm³/mol. The zero-order valence-electron chi connectivity index (χ0n) is 15.1. The molecule has 1 aromatic heterocycles. The molecule has 0 aliphatic rings. The van der Waals surface area contributed by atoms with E-state index in [2.05, 4.69) is 25.8 Å². The monoisotopic (exact) mass is 363 g/mol. The Balaban J connectivity index is 2.33. The Hall–Kier alpha value is -1.84. The van der Waals surface area contributed by atoms with E-state index in [1.165, 1.54) is 11.9 Å². The predicted octanol–water partition coefficient (Wildman–Crippen LogP) is 1.28. The van der Waals surface area contributed by atoms with Gasteiger partial charge < -0.3 is 15.2 Å². The Morgan fingerprint density at radius 1 is 1.32 bits per heavy atom. The lowest BCUT2D eigenvalue weighted by molar-refractivity contribution is -0.143. The van der Waals surface area contributed by atoms with E-state index in [0.717, 1.165) is 18.8 Å². The minimum atomic E-state index is -4.16. The van der Waals surface area contributed by atoms with Crippen LogP contribution in [0.15, 0.2) is 11.3 Å². The van der Waals surface area contributed by atoms with Gasteiger partial charge in [-0.05, 0) is 26.9 Å². The number of aliphatic imine (C=N–C) groups is 1. The van der Waals surface area contributed by atoms with Crippen LogP contribution in [-0.2, 0) is 13.0 Å². The fourth-order valence-corrected chi connectivity index (χ4v) is 2.29. The molecule has 0 saturated carbocycles. The highest BCUT2D eigenvalue weighted by Crippen LogP contribution is 2.15. The molecule has 0 saturated heterocycles. The molecule has 0 spiro atoms. The first-order valence-corrected chi connectivity index (χ1v) is 8.49. The van der Waals surface area contributed by atoms with E-state index in [0.29, 0.717) is 38.6 Å². The maximum absolute atomic E-state index is 12.3. The third kappa shape index (κ3) is 9.28. The van der Waals surface area contributed by atoms with Crippen molar-refractivity contribution in [2.24, 2.45) is 4.99 Å². The molecule has 0 fully saturated rings. The molecule has 25 heavy (non-hydrogen) atoms. The van der Waals surface area contributed by atoms with Crippen LogP contribution < -0.4 is 10.6 Å². The molecule has 2 N–H and O–H groups in total. The maximum atomic E-state index is 12.3. The van der Waals surface area contributed by atoms with E-state index < -0.39 is 12.7 Å². The molecule has 10 heteroatoms. The van der Waals surface area contributed by atoms with Crippen LogP contribution in [0.5, 0.6) is 0 Å². The number of rotatable bonds is 10. The molecule has 0 aliphatic carbocycles. The van der Waals surface area contributed by atoms with Crippen LogP contribution in [0.25, 0.3) is 0 Å². The molecule has 0 bridgehead atoms. The molecule has 0 atom stereocenters. The number of halogens is 3. The summed E-state index contributed by atoms with van der Waals surface area (Å²) in [4.78, 5) is 5.65. The second-order valence-corrected chi connectivity index (χ2v) is 5.69. The van der Waals surface area contributed by atoms with Gasteiger partial charge in [0, 0.05) is 32.6 Å². The first kappa shape index (κ1) is 21.2. The first-order chi connectivity index (χ1) is 11.9. The van der Waals surface area contributed by atoms with Gasteiger partial charge in [0.25, 0.3) is 0 Å². The standard InChI is InChI=1S/C15H28F3N7/c1-4-13-23-22-12-25(13)10-8-21-14(19-5-2)20-7-6-9-24(3)11-15(16,17)18/h12H,4-11H2,1-3H3,(H2,19,20,21). The van der Waals surface area contributed by atoms with Crippen LogP contribution in [0, 0.1) is 0 Å². The van der Waals surface area contributed by atoms with Gasteiger partial charge in [-0.1, -0.05) is 6.92 Å². The summed E-state index contributed by atoms with van der Waals surface area (Å²) >= 11 is 0. The Bertz CT molecular complexity index is 513. The van der Waals surface area contributed by atoms with E-state index >= 15 is 0 Å². The normalized spacial score (nSPS) is 12.7. The summed E-state index contributed by atoms with van der Waals surface area (Å²) in [6.07, 6.45) is -1.08. The Morgan fingerprint density at radius 3 is 2.72 bits per heavy atom. The SMILES string of the molecule is CCNC(=NCCCN(C)CC(F)(F)F)NCCn1cnnc1CC. The fraction of sp³-hybridized carbons (Fsp3) is 0.800. The average Bonchev–Trinajstić information content (AvgIpc) is 2.97. The van der Waals surface area contributed by atoms with Crippen molar-refractivity contribution in [3.63, 3.8) is 0 Å². The molecule has 0 aromatic carbocycles. The number of nitrogens with one attached hydrogen (secondary N) is 2. The lowest BCUT2D eigenvalue weighted by atomic mass is 10.4. The summed E-state index contributed by atoms with van der Waals surface area (Å²) in [6.45, 7) is 5.99. The van der Waals surface area contributed by atoms with E-state index in [1.807, 2.05) is 18.4 Å². The van der Waals surface area contributed by atoms with Crippen LogP contribution in [0.1, 0.15) is 26.1 Å². The van der Waals surface area contributed by atoms with Gasteiger partial charge in [-0.3, -0.25) is 9.89 Å². The van der Waals surface area contributed by atoms with Gasteiger partial charge in [0.15, 0.2) is 5.96 Å². The van der Waals surface area contributed by atoms with Gasteiger partial charge >= 0.3 is 6.18 Å². The van der Waals surface area contributed by atoms with Gasteiger partial charge in [-0.15, -0.1) is 10.2 Å². The van der Waals surface area contributed by atoms with E-state index in [1.54, 1.807) is 6.33 Å². The van der Waals surface area contributed by atoms with Crippen molar-refractivity contribution in [2.75, 3.05) is 39.8 Å². The van der Waals surface area contributed by atoms with Crippen molar-refractivity contribution in [2.45, 2.75) is 39.4 Å². The van der Waals surface area contributed by atoms with Crippen LogP contribution >= 0.6 is 0 Å². The molecule has 1 heterocycles. The third-order valence-electron chi connectivity index (χ3n) is 3.42. The number of nitrogens with zero attached hydrogens (tertiary/aromatic N) is 5. The molecule has 1 rings (SSSR count). The van der Waals surface area contributed by atoms with Gasteiger partial charge in [0.05, 0.1) is 6.54 Å². The first-order valence-electron chi connectivity index (χ1n) is 8.49. The number of aromatic nitrogens is 3. The fourth-order valence-electron chi connectivity index (χ4n) is 2.29. The smallest absolute Gasteiger partial charge is 0.357 e. The largest absolute Gasteiger partial charge is 0.401 e. The van der Waals surface area contributed by atoms with Crippen molar-refractivity contribution in [3.05, 3.63) is 12.2 Å². The Kier molecular flexibility index (Phi) is 9.25. The number of guanidine groups is 1. The summed E-state index contributed by atoms with van der Waals surface area (Å²) in [7, 11) is 1.46. The quantitative estimate of drug-likeness (QED) is 0.372. The Morgan fingerprint density at radius 2 is 2.08 bits per heavy atom. The summed E-state index contributed by atoms with van der Waals surface area (Å²) in [5.74, 6) is 1.59. The van der Waals surface area contributed by atoms with E-state index in [-0.39, 0.29) is 0 Å². The van der Waals surface area contributed by atoms with E-state index in [9.17, 15) is 13.2 Å². The minimum absolute atomic E-state index is 0.350. The summed E-state index contributed by atoms with van der Waals surface area (Å²) in [6, 6.07) is 0. The summed E-state index contributed by atoms with van der Waals surface area (Å²) < 4.78 is 38.7. The zero-order valence-corrected chi connectivity index (χ0v) is 15.1. The van der Waals surface area contributed by atoms with Gasteiger partial charge in [-0.2, -0.15) is 13.2 Å². The minimum Gasteiger partial charge on any atom is -0.357 e. The average molecular weight is 363 g/mol. The maximum Gasteiger partial charge on any atom is 0.401 e. The second-order valence-electron chi connectivity index (χ2n) is 5.69. The second kappa shape index (κ2) is 10.9. The molecule has 0 radical (unpaired) electrons. The number of hydrogen-bond donors (Lipinski definition) is 2. The summed E-state index contributed by atoms with van der Waals surface area (Å²) in [5, 5.41) is 14.2. The van der Waals surface area contributed by atoms with Crippen molar-refractivity contribution >= 4 is 5.96 Å². The number of aryl methyl sites for hydroxylation is 1. The lowest BCUT2D eigenvalue weighted by Gasteiger charge is -2.18. The highest BCUT2D eigenvalue weighted by atomic mass is 19.4. The highest BCUT2D eigenvalue weighted by molar-refractivity contribution is 5.79. The van der Waals surface area contributed by atoms with Crippen molar-refractivity contribution in [1.29, 1.82) is 0 Å². The van der Waals surface area contributed by atoms with Crippen molar-refractivity contribution in [3.8, 4) is 0 Å². The van der Waals surface area contributed by atoms with Gasteiger partial charge in [0.1, 0.15) is 12.2 Å². The van der Waals surface area contributed by atoms with Crippen molar-refractivity contribution < 1.29 is 13.2 Å². The molecule has 1 aromatic rings. The van der Waals surface area contributed by atoms with Crippen LogP contribution in [0.4, 0.5) is 13.2 Å². The molecule has 0 unspecified atom stereocenters. The lowest BCUT2D eigenvalue weighted by Crippen LogP contribution is -2.39. The topological polar surface area (TPSA) is 70.4 Å². The molecule has 0 amide bonds. The molecular weight excluding hydrogens is 335 g/mol. The van der Waals surface area contributed by atoms with Crippen LogP contribution in [-0.4, -0.2) is 71.6 Å². The molecule has 7 nitrogen and oxygen atoms in total. The van der Waals surface area contributed by atoms with Crippen LogP contribution in [0.3, 0.4) is 0 Å². The Labute approximate surface area is 146 Å². The third-order valence-corrected chi connectivity index (χ3v) is 3.42. The summed E-state index contributed by atoms with van der Waals surface area (Å²) in [5.41, 5.74) is 0. The number of alkyl halides is 3. The molecule has 0 aliphatic heterocycles. The number of hydrogen-bond acceptors (Lipinski definition) is 4. The van der Waals surface area contributed by atoms with Crippen LogP contribution in [0.2, 0.25) is 0 Å². The van der Waals surface area contributed by atoms with Gasteiger partial charge in [0.2, 0.25) is 0 Å². The zero-order chi connectivity index (χ0) is 18.7. The highest BCUT2D eigenvalue weighted by Gasteiger charge is 2.28. The van der Waals surface area contributed by atoms with E-state index in [4.69, 9.17) is 0 Å². The van der Waals surface area contributed by atoms with Gasteiger partial charge in [-0.25, -0.2) is 0 Å². The molecular formula is C15H28F3N7. The molecule has 144 valence electrons. The van der Waals surface area contributed by atoms with Crippen molar-refractivity contribution in [1.82, 2.24) is 30.3 Å².